The molecule has 0 bridgehead atoms. The van der Waals surface area contributed by atoms with Crippen molar-refractivity contribution in [3.8, 4) is 11.5 Å². The topological polar surface area (TPSA) is 87.4 Å². The van der Waals surface area contributed by atoms with E-state index in [0.717, 1.165) is 11.6 Å². The largest absolute Gasteiger partial charge is 0.444 e. The molecule has 7 nitrogen and oxygen atoms in total. The number of aliphatic imine (C=N–C) groups is 1. The predicted molar refractivity (Wildman–Crippen MR) is 112 cm³/mol. The van der Waals surface area contributed by atoms with Crippen LogP contribution in [-0.2, 0) is 12.7 Å². The van der Waals surface area contributed by atoms with E-state index in [1.165, 1.54) is 12.3 Å². The van der Waals surface area contributed by atoms with Gasteiger partial charge in [-0.25, -0.2) is 15.0 Å². The third-order valence-electron chi connectivity index (χ3n) is 4.14. The molecular formula is C21H23F3N6O. The van der Waals surface area contributed by atoms with Crippen molar-refractivity contribution in [1.29, 1.82) is 0 Å². The predicted octanol–water partition coefficient (Wildman–Crippen LogP) is 3.92. The van der Waals surface area contributed by atoms with Crippen LogP contribution in [0.3, 0.4) is 0 Å². The van der Waals surface area contributed by atoms with Gasteiger partial charge in [-0.15, -0.1) is 0 Å². The van der Waals surface area contributed by atoms with Gasteiger partial charge >= 0.3 is 6.18 Å². The summed E-state index contributed by atoms with van der Waals surface area (Å²) < 4.78 is 44.6. The van der Waals surface area contributed by atoms with Crippen molar-refractivity contribution in [3.63, 3.8) is 0 Å². The maximum absolute atomic E-state index is 13.0. The molecule has 0 amide bonds. The van der Waals surface area contributed by atoms with Crippen molar-refractivity contribution < 1.29 is 17.6 Å². The molecule has 3 N–H and O–H groups in total. The Morgan fingerprint density at radius 2 is 1.87 bits per heavy atom. The Morgan fingerprint density at radius 3 is 2.61 bits per heavy atom. The number of rotatable bonds is 8. The molecule has 3 rings (SSSR count). The number of anilines is 1. The van der Waals surface area contributed by atoms with Crippen LogP contribution in [0.1, 0.15) is 18.2 Å². The molecule has 2 heterocycles. The Labute approximate surface area is 177 Å². The average molecular weight is 432 g/mol. The number of alkyl halides is 3. The van der Waals surface area contributed by atoms with Gasteiger partial charge in [-0.1, -0.05) is 18.2 Å². The molecule has 2 aromatic heterocycles. The van der Waals surface area contributed by atoms with Gasteiger partial charge in [0.2, 0.25) is 5.89 Å². The first kappa shape index (κ1) is 22.1. The van der Waals surface area contributed by atoms with Crippen molar-refractivity contribution in [3.05, 3.63) is 66.2 Å². The summed E-state index contributed by atoms with van der Waals surface area (Å²) in [5, 5.41) is 8.86. The molecule has 0 fully saturated rings. The van der Waals surface area contributed by atoms with Crippen molar-refractivity contribution in [2.24, 2.45) is 4.99 Å². The minimum atomic E-state index is -4.46. The van der Waals surface area contributed by atoms with Gasteiger partial charge < -0.3 is 20.4 Å². The maximum atomic E-state index is 13.0. The van der Waals surface area contributed by atoms with Crippen molar-refractivity contribution >= 4 is 11.8 Å². The number of halogens is 3. The van der Waals surface area contributed by atoms with Crippen molar-refractivity contribution in [1.82, 2.24) is 20.6 Å². The number of nitrogens with zero attached hydrogens (tertiary/aromatic N) is 3. The van der Waals surface area contributed by atoms with E-state index < -0.39 is 11.7 Å². The van der Waals surface area contributed by atoms with Gasteiger partial charge in [-0.3, -0.25) is 0 Å². The lowest BCUT2D eigenvalue weighted by atomic mass is 10.2. The Bertz CT molecular complexity index is 988. The lowest BCUT2D eigenvalue weighted by Gasteiger charge is -2.14. The summed E-state index contributed by atoms with van der Waals surface area (Å²) in [6, 6.07) is 11.8. The fraction of sp³-hybridized carbons (Fsp3) is 0.286. The van der Waals surface area contributed by atoms with Crippen LogP contribution >= 0.6 is 0 Å². The van der Waals surface area contributed by atoms with E-state index in [0.29, 0.717) is 30.6 Å². The molecule has 10 heteroatoms. The maximum Gasteiger partial charge on any atom is 0.419 e. The van der Waals surface area contributed by atoms with Crippen LogP contribution in [0.4, 0.5) is 19.0 Å². The molecule has 0 radical (unpaired) electrons. The second-order valence-corrected chi connectivity index (χ2v) is 6.46. The Kier molecular flexibility index (Phi) is 7.47. The first-order valence-corrected chi connectivity index (χ1v) is 9.75. The fourth-order valence-corrected chi connectivity index (χ4v) is 2.73. The minimum Gasteiger partial charge on any atom is -0.444 e. The zero-order chi connectivity index (χ0) is 22.1. The van der Waals surface area contributed by atoms with Crippen molar-refractivity contribution in [2.75, 3.05) is 25.0 Å². The highest BCUT2D eigenvalue weighted by Gasteiger charge is 2.33. The third-order valence-corrected chi connectivity index (χ3v) is 4.14. The summed E-state index contributed by atoms with van der Waals surface area (Å²) in [7, 11) is 0. The molecule has 0 aliphatic heterocycles. The number of hydrogen-bond acceptors (Lipinski definition) is 5. The highest BCUT2D eigenvalue weighted by Crippen LogP contribution is 2.33. The van der Waals surface area contributed by atoms with Crippen LogP contribution in [0, 0.1) is 0 Å². The molecule has 0 unspecified atom stereocenters. The summed E-state index contributed by atoms with van der Waals surface area (Å²) in [5.41, 5.74) is 0.745. The number of benzene rings is 1. The van der Waals surface area contributed by atoms with Gasteiger partial charge in [0.25, 0.3) is 0 Å². The number of aromatic nitrogens is 2. The van der Waals surface area contributed by atoms with Gasteiger partial charge in [0.05, 0.1) is 12.1 Å². The summed E-state index contributed by atoms with van der Waals surface area (Å²) >= 11 is 0. The average Bonchev–Trinajstić information content (AvgIpc) is 3.24. The number of guanidine groups is 1. The summed E-state index contributed by atoms with van der Waals surface area (Å²) in [6.07, 6.45) is -1.59. The molecule has 0 saturated heterocycles. The van der Waals surface area contributed by atoms with Gasteiger partial charge in [-0.2, -0.15) is 13.2 Å². The Morgan fingerprint density at radius 1 is 1.06 bits per heavy atom. The lowest BCUT2D eigenvalue weighted by Crippen LogP contribution is -2.39. The highest BCUT2D eigenvalue weighted by molar-refractivity contribution is 5.79. The monoisotopic (exact) mass is 432 g/mol. The van der Waals surface area contributed by atoms with E-state index in [1.807, 2.05) is 37.3 Å². The molecule has 0 aliphatic rings. The van der Waals surface area contributed by atoms with E-state index >= 15 is 0 Å². The van der Waals surface area contributed by atoms with E-state index in [4.69, 9.17) is 4.42 Å². The zero-order valence-corrected chi connectivity index (χ0v) is 16.9. The summed E-state index contributed by atoms with van der Waals surface area (Å²) in [4.78, 5) is 12.6. The van der Waals surface area contributed by atoms with Crippen molar-refractivity contribution in [2.45, 2.75) is 19.6 Å². The Hall–Kier alpha value is -3.56. The van der Waals surface area contributed by atoms with Gasteiger partial charge in [0.1, 0.15) is 17.8 Å². The number of hydrogen-bond donors (Lipinski definition) is 3. The van der Waals surface area contributed by atoms with Gasteiger partial charge in [-0.05, 0) is 31.2 Å². The van der Waals surface area contributed by atoms with Crippen LogP contribution in [0.2, 0.25) is 0 Å². The van der Waals surface area contributed by atoms with E-state index in [2.05, 4.69) is 30.9 Å². The molecule has 0 atom stereocenters. The van der Waals surface area contributed by atoms with Crippen LogP contribution < -0.4 is 16.0 Å². The molecule has 0 aliphatic carbocycles. The van der Waals surface area contributed by atoms with E-state index in [1.54, 1.807) is 6.26 Å². The quantitative estimate of drug-likeness (QED) is 0.284. The lowest BCUT2D eigenvalue weighted by molar-refractivity contribution is -0.137. The normalized spacial score (nSPS) is 11.9. The molecule has 0 spiro atoms. The van der Waals surface area contributed by atoms with Crippen LogP contribution in [0.15, 0.2) is 64.3 Å². The van der Waals surface area contributed by atoms with E-state index in [9.17, 15) is 13.2 Å². The molecule has 3 aromatic rings. The molecule has 31 heavy (non-hydrogen) atoms. The number of oxazole rings is 1. The zero-order valence-electron chi connectivity index (χ0n) is 16.9. The summed E-state index contributed by atoms with van der Waals surface area (Å²) in [6.45, 7) is 3.41. The summed E-state index contributed by atoms with van der Waals surface area (Å²) in [5.74, 6) is 0.837. The van der Waals surface area contributed by atoms with Crippen LogP contribution in [0.5, 0.6) is 0 Å². The first-order valence-electron chi connectivity index (χ1n) is 9.75. The van der Waals surface area contributed by atoms with Gasteiger partial charge in [0.15, 0.2) is 5.96 Å². The third kappa shape index (κ3) is 6.46. The molecule has 1 aromatic carbocycles. The van der Waals surface area contributed by atoms with E-state index in [-0.39, 0.29) is 18.9 Å². The smallest absolute Gasteiger partial charge is 0.419 e. The second-order valence-electron chi connectivity index (χ2n) is 6.46. The number of pyridine rings is 1. The highest BCUT2D eigenvalue weighted by atomic mass is 19.4. The standard InChI is InChI=1S/C21H23F3N6O/c1-2-25-20(28-12-11-27-18-17(21(22,23)24)9-6-10-26-18)29-13-16-14-31-19(30-16)15-7-4-3-5-8-15/h3-10,14H,2,11-13H2,1H3,(H,26,27)(H2,25,28,29). The minimum absolute atomic E-state index is 0.199. The SMILES string of the molecule is CCNC(=NCc1coc(-c2ccccc2)n1)NCCNc1ncccc1C(F)(F)F. The first-order chi connectivity index (χ1) is 15.0. The molecular weight excluding hydrogens is 409 g/mol. The molecule has 0 saturated carbocycles. The van der Waals surface area contributed by atoms with Gasteiger partial charge in [0, 0.05) is 31.4 Å². The fourth-order valence-electron chi connectivity index (χ4n) is 2.73. The Balaban J connectivity index is 1.54. The molecule has 164 valence electrons. The van der Waals surface area contributed by atoms with Crippen LogP contribution in [-0.4, -0.2) is 35.6 Å². The number of nitrogens with one attached hydrogen (secondary N) is 3. The van der Waals surface area contributed by atoms with Crippen LogP contribution in [0.25, 0.3) is 11.5 Å². The second kappa shape index (κ2) is 10.5.